The number of nitrogens with zero attached hydrogens (tertiary/aromatic N) is 1. The number of anilines is 1. The molecule has 4 heteroatoms. The Labute approximate surface area is 148 Å². The highest BCUT2D eigenvalue weighted by atomic mass is 16.5. The summed E-state index contributed by atoms with van der Waals surface area (Å²) in [5.74, 6) is 0.890. The maximum Gasteiger partial charge on any atom is 0.241 e. The van der Waals surface area contributed by atoms with E-state index in [4.69, 9.17) is 4.74 Å². The lowest BCUT2D eigenvalue weighted by atomic mass is 9.75. The first-order valence-electron chi connectivity index (χ1n) is 8.49. The molecule has 0 unspecified atom stereocenters. The first kappa shape index (κ1) is 15.8. The zero-order valence-corrected chi connectivity index (χ0v) is 14.7. The summed E-state index contributed by atoms with van der Waals surface area (Å²) in [6.45, 7) is 4.76. The molecule has 1 fully saturated rings. The van der Waals surface area contributed by atoms with Gasteiger partial charge < -0.3 is 15.0 Å². The molecule has 1 N–H and O–H groups in total. The molecule has 0 aromatic heterocycles. The van der Waals surface area contributed by atoms with Crippen molar-refractivity contribution in [2.75, 3.05) is 18.6 Å². The molecule has 2 aliphatic rings. The van der Waals surface area contributed by atoms with Crippen LogP contribution in [0.15, 0.2) is 54.6 Å². The summed E-state index contributed by atoms with van der Waals surface area (Å²) in [5.41, 5.74) is 2.68. The van der Waals surface area contributed by atoms with Crippen LogP contribution in [0.25, 0.3) is 6.08 Å². The monoisotopic (exact) mass is 334 g/mol. The van der Waals surface area contributed by atoms with Gasteiger partial charge in [0.25, 0.3) is 0 Å². The maximum absolute atomic E-state index is 12.3. The van der Waals surface area contributed by atoms with Crippen LogP contribution in [-0.2, 0) is 10.2 Å². The van der Waals surface area contributed by atoms with E-state index in [2.05, 4.69) is 54.4 Å². The summed E-state index contributed by atoms with van der Waals surface area (Å²) >= 11 is 0. The van der Waals surface area contributed by atoms with E-state index in [1.54, 1.807) is 7.11 Å². The standard InChI is InChI=1S/C21H22N2O2/c1-20(2)17-6-4-5-7-18(17)23-14-19(24)22-21(20,23)13-12-15-8-10-16(25-3)11-9-15/h4-13H,14H2,1-3H3,(H,22,24)/b13-12+/t21-/m0/s1. The van der Waals surface area contributed by atoms with Gasteiger partial charge in [0.2, 0.25) is 5.91 Å². The molecular weight excluding hydrogens is 312 g/mol. The Bertz CT molecular complexity index is 854. The van der Waals surface area contributed by atoms with Crippen LogP contribution in [0.2, 0.25) is 0 Å². The number of ether oxygens (including phenoxy) is 1. The minimum atomic E-state index is -0.548. The topological polar surface area (TPSA) is 41.6 Å². The summed E-state index contributed by atoms with van der Waals surface area (Å²) in [4.78, 5) is 14.4. The van der Waals surface area contributed by atoms with Crippen LogP contribution in [0.5, 0.6) is 5.75 Å². The molecule has 2 aromatic rings. The number of fused-ring (bicyclic) bond motifs is 3. The number of carbonyl (C=O) groups is 1. The van der Waals surface area contributed by atoms with E-state index in [1.165, 1.54) is 5.56 Å². The molecule has 1 amide bonds. The molecule has 4 nitrogen and oxygen atoms in total. The third-order valence-corrected chi connectivity index (χ3v) is 5.51. The first-order valence-corrected chi connectivity index (χ1v) is 8.49. The highest BCUT2D eigenvalue weighted by molar-refractivity contribution is 5.91. The van der Waals surface area contributed by atoms with Crippen molar-refractivity contribution in [2.24, 2.45) is 0 Å². The van der Waals surface area contributed by atoms with Crippen LogP contribution < -0.4 is 15.0 Å². The first-order chi connectivity index (χ1) is 12.0. The Morgan fingerprint density at radius 3 is 2.56 bits per heavy atom. The minimum Gasteiger partial charge on any atom is -0.497 e. The lowest BCUT2D eigenvalue weighted by Crippen LogP contribution is -2.58. The van der Waals surface area contributed by atoms with Crippen molar-refractivity contribution >= 4 is 17.7 Å². The maximum atomic E-state index is 12.3. The van der Waals surface area contributed by atoms with E-state index in [0.717, 1.165) is 17.0 Å². The zero-order valence-electron chi connectivity index (χ0n) is 14.7. The second kappa shape index (κ2) is 5.38. The Morgan fingerprint density at radius 2 is 1.84 bits per heavy atom. The Kier molecular flexibility index (Phi) is 3.39. The number of hydrogen-bond donors (Lipinski definition) is 1. The molecule has 128 valence electrons. The van der Waals surface area contributed by atoms with Crippen molar-refractivity contribution in [3.8, 4) is 5.75 Å². The molecule has 0 aliphatic carbocycles. The molecule has 1 atom stereocenters. The predicted molar refractivity (Wildman–Crippen MR) is 99.7 cm³/mol. The van der Waals surface area contributed by atoms with Gasteiger partial charge in [-0.25, -0.2) is 0 Å². The fourth-order valence-corrected chi connectivity index (χ4v) is 4.07. The molecule has 1 saturated heterocycles. The zero-order chi connectivity index (χ0) is 17.7. The number of benzene rings is 2. The molecule has 0 radical (unpaired) electrons. The smallest absolute Gasteiger partial charge is 0.241 e. The van der Waals surface area contributed by atoms with Crippen LogP contribution in [-0.4, -0.2) is 25.2 Å². The number of nitrogens with one attached hydrogen (secondary N) is 1. The summed E-state index contributed by atoms with van der Waals surface area (Å²) in [6, 6.07) is 16.3. The normalized spacial score (nSPS) is 23.5. The number of carbonyl (C=O) groups excluding carboxylic acids is 1. The molecule has 2 aliphatic heterocycles. The molecule has 0 spiro atoms. The van der Waals surface area contributed by atoms with Crippen LogP contribution >= 0.6 is 0 Å². The molecule has 4 rings (SSSR count). The molecule has 0 saturated carbocycles. The fraction of sp³-hybridized carbons (Fsp3) is 0.286. The van der Waals surface area contributed by atoms with Crippen molar-refractivity contribution in [1.29, 1.82) is 0 Å². The third kappa shape index (κ3) is 2.17. The van der Waals surface area contributed by atoms with Gasteiger partial charge in [0, 0.05) is 11.1 Å². The van der Waals surface area contributed by atoms with Crippen molar-refractivity contribution in [3.05, 3.63) is 65.7 Å². The second-order valence-electron chi connectivity index (χ2n) is 7.15. The highest BCUT2D eigenvalue weighted by Crippen LogP contribution is 2.52. The van der Waals surface area contributed by atoms with Gasteiger partial charge in [0.1, 0.15) is 11.4 Å². The van der Waals surface area contributed by atoms with E-state index < -0.39 is 5.66 Å². The predicted octanol–water partition coefficient (Wildman–Crippen LogP) is 3.33. The van der Waals surface area contributed by atoms with Gasteiger partial charge in [-0.1, -0.05) is 50.3 Å². The molecule has 2 aromatic carbocycles. The van der Waals surface area contributed by atoms with Crippen molar-refractivity contribution in [1.82, 2.24) is 5.32 Å². The van der Waals surface area contributed by atoms with Crippen molar-refractivity contribution in [3.63, 3.8) is 0 Å². The molecule has 25 heavy (non-hydrogen) atoms. The van der Waals surface area contributed by atoms with Crippen molar-refractivity contribution in [2.45, 2.75) is 24.9 Å². The number of rotatable bonds is 3. The van der Waals surface area contributed by atoms with Gasteiger partial charge in [-0.2, -0.15) is 0 Å². The number of methoxy groups -OCH3 is 1. The summed E-state index contributed by atoms with van der Waals surface area (Å²) in [6.07, 6.45) is 4.20. The van der Waals surface area contributed by atoms with Gasteiger partial charge >= 0.3 is 0 Å². The average molecular weight is 334 g/mol. The van der Waals surface area contributed by atoms with Gasteiger partial charge in [-0.05, 0) is 35.4 Å². The Hall–Kier alpha value is -2.75. The van der Waals surface area contributed by atoms with Gasteiger partial charge in [0.15, 0.2) is 0 Å². The van der Waals surface area contributed by atoms with E-state index >= 15 is 0 Å². The van der Waals surface area contributed by atoms with Gasteiger partial charge in [-0.15, -0.1) is 0 Å². The average Bonchev–Trinajstić information content (AvgIpc) is 3.05. The summed E-state index contributed by atoms with van der Waals surface area (Å²) in [5, 5.41) is 3.23. The number of amides is 1. The fourth-order valence-electron chi connectivity index (χ4n) is 4.07. The highest BCUT2D eigenvalue weighted by Gasteiger charge is 2.59. The largest absolute Gasteiger partial charge is 0.497 e. The molecule has 2 heterocycles. The Morgan fingerprint density at radius 1 is 1.12 bits per heavy atom. The number of hydrogen-bond acceptors (Lipinski definition) is 3. The van der Waals surface area contributed by atoms with Crippen LogP contribution in [0, 0.1) is 0 Å². The number of para-hydroxylation sites is 1. The van der Waals surface area contributed by atoms with Crippen LogP contribution in [0.3, 0.4) is 0 Å². The van der Waals surface area contributed by atoms with Crippen LogP contribution in [0.4, 0.5) is 5.69 Å². The minimum absolute atomic E-state index is 0.0574. The quantitative estimate of drug-likeness (QED) is 0.936. The lowest BCUT2D eigenvalue weighted by Gasteiger charge is -2.40. The summed E-state index contributed by atoms with van der Waals surface area (Å²) < 4.78 is 5.22. The van der Waals surface area contributed by atoms with E-state index in [1.807, 2.05) is 30.3 Å². The van der Waals surface area contributed by atoms with Gasteiger partial charge in [0.05, 0.1) is 13.7 Å². The SMILES string of the molecule is COc1ccc(/C=C/[C@]23NC(=O)CN2c2ccccc2C3(C)C)cc1. The Balaban J connectivity index is 1.78. The third-order valence-electron chi connectivity index (χ3n) is 5.51. The van der Waals surface area contributed by atoms with Crippen LogP contribution in [0.1, 0.15) is 25.0 Å². The van der Waals surface area contributed by atoms with Gasteiger partial charge in [-0.3, -0.25) is 4.79 Å². The molecule has 0 bridgehead atoms. The van der Waals surface area contributed by atoms with E-state index in [9.17, 15) is 4.79 Å². The van der Waals surface area contributed by atoms with E-state index in [0.29, 0.717) is 6.54 Å². The van der Waals surface area contributed by atoms with Crippen molar-refractivity contribution < 1.29 is 9.53 Å². The summed E-state index contributed by atoms with van der Waals surface area (Å²) in [7, 11) is 1.66. The molecular formula is C21H22N2O2. The second-order valence-corrected chi connectivity index (χ2v) is 7.15. The lowest BCUT2D eigenvalue weighted by molar-refractivity contribution is -0.118. The van der Waals surface area contributed by atoms with E-state index in [-0.39, 0.29) is 11.3 Å².